The van der Waals surface area contributed by atoms with Crippen LogP contribution in [0.25, 0.3) is 10.6 Å². The number of thiazole rings is 1. The van der Waals surface area contributed by atoms with Gasteiger partial charge in [-0.3, -0.25) is 4.79 Å². The molecule has 2 rings (SSSR count). The van der Waals surface area contributed by atoms with Gasteiger partial charge in [-0.25, -0.2) is 4.98 Å². The van der Waals surface area contributed by atoms with Crippen molar-refractivity contribution in [2.24, 2.45) is 0 Å². The largest absolute Gasteiger partial charge is 0.288 e. The standard InChI is InChI=1S/C13H11NOS/c1-3-11(15)12-9(2)16-13(14-12)10-7-5-4-6-8-10/h3-8H,1H2,2H3. The predicted octanol–water partition coefficient (Wildman–Crippen LogP) is 3.49. The van der Waals surface area contributed by atoms with E-state index < -0.39 is 0 Å². The summed E-state index contributed by atoms with van der Waals surface area (Å²) in [7, 11) is 0. The Hall–Kier alpha value is -1.74. The summed E-state index contributed by atoms with van der Waals surface area (Å²) in [5.74, 6) is -0.115. The van der Waals surface area contributed by atoms with Crippen LogP contribution >= 0.6 is 11.3 Å². The molecule has 16 heavy (non-hydrogen) atoms. The molecule has 0 amide bonds. The van der Waals surface area contributed by atoms with Crippen LogP contribution in [0, 0.1) is 6.92 Å². The van der Waals surface area contributed by atoms with E-state index in [1.54, 1.807) is 0 Å². The maximum absolute atomic E-state index is 11.5. The van der Waals surface area contributed by atoms with E-state index in [-0.39, 0.29) is 5.78 Å². The zero-order chi connectivity index (χ0) is 11.5. The van der Waals surface area contributed by atoms with Crippen LogP contribution < -0.4 is 0 Å². The molecular weight excluding hydrogens is 218 g/mol. The van der Waals surface area contributed by atoms with Crippen molar-refractivity contribution >= 4 is 17.1 Å². The van der Waals surface area contributed by atoms with Crippen LogP contribution in [0.4, 0.5) is 0 Å². The van der Waals surface area contributed by atoms with Gasteiger partial charge in [-0.1, -0.05) is 36.9 Å². The second-order valence-corrected chi connectivity index (χ2v) is 4.56. The number of hydrogen-bond acceptors (Lipinski definition) is 3. The molecule has 0 spiro atoms. The third-order valence-corrected chi connectivity index (χ3v) is 3.26. The highest BCUT2D eigenvalue weighted by atomic mass is 32.1. The van der Waals surface area contributed by atoms with Gasteiger partial charge in [-0.2, -0.15) is 0 Å². The molecule has 3 heteroatoms. The molecule has 0 saturated heterocycles. The van der Waals surface area contributed by atoms with Crippen molar-refractivity contribution in [1.82, 2.24) is 4.98 Å². The predicted molar refractivity (Wildman–Crippen MR) is 66.8 cm³/mol. The van der Waals surface area contributed by atoms with Gasteiger partial charge in [0.25, 0.3) is 0 Å². The Morgan fingerprint density at radius 2 is 2.06 bits per heavy atom. The topological polar surface area (TPSA) is 30.0 Å². The average Bonchev–Trinajstić information content (AvgIpc) is 2.71. The molecule has 2 nitrogen and oxygen atoms in total. The molecule has 1 heterocycles. The summed E-state index contributed by atoms with van der Waals surface area (Å²) < 4.78 is 0. The number of allylic oxidation sites excluding steroid dienone is 1. The number of hydrogen-bond donors (Lipinski definition) is 0. The molecule has 0 N–H and O–H groups in total. The van der Waals surface area contributed by atoms with Gasteiger partial charge in [0, 0.05) is 10.4 Å². The quantitative estimate of drug-likeness (QED) is 0.595. The summed E-state index contributed by atoms with van der Waals surface area (Å²) in [6, 6.07) is 9.85. The number of aryl methyl sites for hydroxylation is 1. The number of benzene rings is 1. The number of aromatic nitrogens is 1. The lowest BCUT2D eigenvalue weighted by molar-refractivity contribution is 0.104. The van der Waals surface area contributed by atoms with Crippen molar-refractivity contribution < 1.29 is 4.79 Å². The van der Waals surface area contributed by atoms with Gasteiger partial charge in [0.1, 0.15) is 10.7 Å². The Morgan fingerprint density at radius 1 is 1.38 bits per heavy atom. The molecule has 0 aliphatic rings. The maximum atomic E-state index is 11.5. The Morgan fingerprint density at radius 3 is 2.69 bits per heavy atom. The van der Waals surface area contributed by atoms with Gasteiger partial charge < -0.3 is 0 Å². The molecule has 80 valence electrons. The summed E-state index contributed by atoms with van der Waals surface area (Å²) >= 11 is 1.53. The van der Waals surface area contributed by atoms with Crippen LogP contribution in [0.2, 0.25) is 0 Å². The molecule has 1 aromatic heterocycles. The lowest BCUT2D eigenvalue weighted by atomic mass is 10.2. The smallest absolute Gasteiger partial charge is 0.204 e. The van der Waals surface area contributed by atoms with Crippen LogP contribution in [0.1, 0.15) is 15.4 Å². The van der Waals surface area contributed by atoms with Crippen molar-refractivity contribution in [3.63, 3.8) is 0 Å². The van der Waals surface area contributed by atoms with Gasteiger partial charge in [0.05, 0.1) is 0 Å². The normalized spacial score (nSPS) is 10.1. The van der Waals surface area contributed by atoms with E-state index in [2.05, 4.69) is 11.6 Å². The average molecular weight is 229 g/mol. The molecule has 2 aromatic rings. The fraction of sp³-hybridized carbons (Fsp3) is 0.0769. The third kappa shape index (κ3) is 1.95. The van der Waals surface area contributed by atoms with Crippen molar-refractivity contribution in [3.05, 3.63) is 53.6 Å². The van der Waals surface area contributed by atoms with Crippen LogP contribution in [0.3, 0.4) is 0 Å². The Labute approximate surface area is 98.3 Å². The van der Waals surface area contributed by atoms with Crippen LogP contribution in [0.15, 0.2) is 43.0 Å². The molecule has 0 aliphatic carbocycles. The van der Waals surface area contributed by atoms with E-state index in [9.17, 15) is 4.79 Å². The third-order valence-electron chi connectivity index (χ3n) is 2.24. The van der Waals surface area contributed by atoms with E-state index in [4.69, 9.17) is 0 Å². The zero-order valence-electron chi connectivity index (χ0n) is 8.93. The van der Waals surface area contributed by atoms with Gasteiger partial charge in [-0.15, -0.1) is 11.3 Å². The highest BCUT2D eigenvalue weighted by molar-refractivity contribution is 7.15. The highest BCUT2D eigenvalue weighted by Crippen LogP contribution is 2.27. The minimum Gasteiger partial charge on any atom is -0.288 e. The summed E-state index contributed by atoms with van der Waals surface area (Å²) in [6.45, 7) is 5.38. The molecule has 0 aliphatic heterocycles. The van der Waals surface area contributed by atoms with E-state index in [1.165, 1.54) is 17.4 Å². The first-order chi connectivity index (χ1) is 7.72. The van der Waals surface area contributed by atoms with Crippen molar-refractivity contribution in [2.75, 3.05) is 0 Å². The van der Waals surface area contributed by atoms with Gasteiger partial charge in [0.2, 0.25) is 5.78 Å². The molecule has 0 unspecified atom stereocenters. The maximum Gasteiger partial charge on any atom is 0.204 e. The summed E-state index contributed by atoms with van der Waals surface area (Å²) in [5, 5.41) is 0.878. The van der Waals surface area contributed by atoms with E-state index >= 15 is 0 Å². The SMILES string of the molecule is C=CC(=O)c1nc(-c2ccccc2)sc1C. The Kier molecular flexibility index (Phi) is 2.97. The molecule has 0 bridgehead atoms. The zero-order valence-corrected chi connectivity index (χ0v) is 9.75. The number of nitrogens with zero attached hydrogens (tertiary/aromatic N) is 1. The molecule has 1 aromatic carbocycles. The molecule has 0 radical (unpaired) electrons. The molecule has 0 atom stereocenters. The first kappa shape index (κ1) is 10.8. The number of rotatable bonds is 3. The second kappa shape index (κ2) is 4.41. The van der Waals surface area contributed by atoms with Gasteiger partial charge >= 0.3 is 0 Å². The molecule has 0 saturated carbocycles. The van der Waals surface area contributed by atoms with E-state index in [0.717, 1.165) is 15.4 Å². The highest BCUT2D eigenvalue weighted by Gasteiger charge is 2.13. The number of carbonyl (C=O) groups is 1. The fourth-order valence-corrected chi connectivity index (χ4v) is 2.35. The van der Waals surface area contributed by atoms with Crippen molar-refractivity contribution in [3.8, 4) is 10.6 Å². The second-order valence-electron chi connectivity index (χ2n) is 3.36. The van der Waals surface area contributed by atoms with Gasteiger partial charge in [-0.05, 0) is 13.0 Å². The monoisotopic (exact) mass is 229 g/mol. The number of ketones is 1. The number of carbonyl (C=O) groups excluding carboxylic acids is 1. The summed E-state index contributed by atoms with van der Waals surface area (Å²) in [6.07, 6.45) is 1.30. The summed E-state index contributed by atoms with van der Waals surface area (Å²) in [4.78, 5) is 16.8. The first-order valence-electron chi connectivity index (χ1n) is 4.92. The Bertz CT molecular complexity index is 528. The molecule has 0 fully saturated rings. The van der Waals surface area contributed by atoms with Gasteiger partial charge in [0.15, 0.2) is 0 Å². The first-order valence-corrected chi connectivity index (χ1v) is 5.73. The lowest BCUT2D eigenvalue weighted by Crippen LogP contribution is -1.95. The minimum atomic E-state index is -0.115. The summed E-state index contributed by atoms with van der Waals surface area (Å²) in [5.41, 5.74) is 1.55. The van der Waals surface area contributed by atoms with Crippen LogP contribution in [0.5, 0.6) is 0 Å². The fourth-order valence-electron chi connectivity index (χ4n) is 1.43. The van der Waals surface area contributed by atoms with E-state index in [0.29, 0.717) is 5.69 Å². The molecular formula is C13H11NOS. The van der Waals surface area contributed by atoms with Crippen LogP contribution in [-0.2, 0) is 0 Å². The van der Waals surface area contributed by atoms with Crippen molar-refractivity contribution in [2.45, 2.75) is 6.92 Å². The minimum absolute atomic E-state index is 0.115. The van der Waals surface area contributed by atoms with Crippen molar-refractivity contribution in [1.29, 1.82) is 0 Å². The van der Waals surface area contributed by atoms with Crippen LogP contribution in [-0.4, -0.2) is 10.8 Å². The Balaban J connectivity index is 2.46. The van der Waals surface area contributed by atoms with E-state index in [1.807, 2.05) is 37.3 Å². The lowest BCUT2D eigenvalue weighted by Gasteiger charge is -1.93.